The van der Waals surface area contributed by atoms with Gasteiger partial charge in [-0.1, -0.05) is 27.2 Å². The van der Waals surface area contributed by atoms with E-state index in [1.54, 1.807) is 0 Å². The zero-order valence-electron chi connectivity index (χ0n) is 14.2. The molecule has 2 rings (SSSR count). The summed E-state index contributed by atoms with van der Waals surface area (Å²) < 4.78 is 0. The van der Waals surface area contributed by atoms with Crippen LogP contribution < -0.4 is 11.1 Å². The molecular formula is C17H31N3O2. The second-order valence-corrected chi connectivity index (χ2v) is 7.88. The minimum atomic E-state index is -0.380. The van der Waals surface area contributed by atoms with Crippen LogP contribution in [0.15, 0.2) is 0 Å². The first kappa shape index (κ1) is 17.3. The summed E-state index contributed by atoms with van der Waals surface area (Å²) in [6.07, 6.45) is 5.07. The lowest BCUT2D eigenvalue weighted by atomic mass is 9.90. The number of carbonyl (C=O) groups is 2. The molecule has 5 nitrogen and oxygen atoms in total. The Morgan fingerprint density at radius 2 is 1.91 bits per heavy atom. The fourth-order valence-electron chi connectivity index (χ4n) is 3.66. The predicted molar refractivity (Wildman–Crippen MR) is 87.1 cm³/mol. The highest BCUT2D eigenvalue weighted by molar-refractivity contribution is 5.84. The Morgan fingerprint density at radius 3 is 2.55 bits per heavy atom. The number of hydrogen-bond acceptors (Lipinski definition) is 3. The third kappa shape index (κ3) is 4.00. The molecule has 0 aromatic carbocycles. The Balaban J connectivity index is 1.91. The first-order valence-corrected chi connectivity index (χ1v) is 8.62. The molecule has 0 aromatic rings. The molecule has 2 fully saturated rings. The molecule has 0 spiro atoms. The molecule has 0 bridgehead atoms. The van der Waals surface area contributed by atoms with Crippen molar-refractivity contribution < 1.29 is 9.59 Å². The van der Waals surface area contributed by atoms with E-state index in [9.17, 15) is 9.59 Å². The Kier molecular flexibility index (Phi) is 5.48. The summed E-state index contributed by atoms with van der Waals surface area (Å²) in [6.45, 7) is 7.77. The summed E-state index contributed by atoms with van der Waals surface area (Å²) in [5, 5.41) is 3.19. The van der Waals surface area contributed by atoms with Crippen molar-refractivity contribution in [2.75, 3.05) is 19.6 Å². The third-order valence-electron chi connectivity index (χ3n) is 5.01. The highest BCUT2D eigenvalue weighted by Gasteiger charge is 2.35. The Morgan fingerprint density at radius 1 is 1.18 bits per heavy atom. The molecule has 22 heavy (non-hydrogen) atoms. The maximum absolute atomic E-state index is 12.5. The van der Waals surface area contributed by atoms with E-state index >= 15 is 0 Å². The van der Waals surface area contributed by atoms with Crippen LogP contribution in [0.1, 0.15) is 52.9 Å². The number of hydrogen-bond donors (Lipinski definition) is 2. The number of carbonyl (C=O) groups excluding carboxylic acids is 2. The van der Waals surface area contributed by atoms with E-state index in [1.807, 2.05) is 25.7 Å². The van der Waals surface area contributed by atoms with Crippen LogP contribution in [0.3, 0.4) is 0 Å². The van der Waals surface area contributed by atoms with Crippen LogP contribution in [0.25, 0.3) is 0 Å². The number of nitrogens with two attached hydrogens (primary N) is 1. The van der Waals surface area contributed by atoms with Gasteiger partial charge in [0.15, 0.2) is 0 Å². The van der Waals surface area contributed by atoms with E-state index in [1.165, 1.54) is 0 Å². The van der Waals surface area contributed by atoms with Gasteiger partial charge in [0.05, 0.1) is 5.92 Å². The van der Waals surface area contributed by atoms with Crippen molar-refractivity contribution in [1.82, 2.24) is 10.2 Å². The standard InChI is InChI=1S/C17H31N3O2/c1-17(2,3)16(22)20-9-5-7-13(11-20)15(21)19-14-8-4-6-12(14)10-18/h12-14H,4-11,18H2,1-3H3,(H,19,21). The zero-order chi connectivity index (χ0) is 16.3. The van der Waals surface area contributed by atoms with E-state index in [2.05, 4.69) is 5.32 Å². The molecule has 0 aromatic heterocycles. The highest BCUT2D eigenvalue weighted by atomic mass is 16.2. The van der Waals surface area contributed by atoms with Crippen LogP contribution in [0, 0.1) is 17.3 Å². The highest BCUT2D eigenvalue weighted by Crippen LogP contribution is 2.27. The first-order valence-electron chi connectivity index (χ1n) is 8.62. The quantitative estimate of drug-likeness (QED) is 0.830. The van der Waals surface area contributed by atoms with Gasteiger partial charge < -0.3 is 16.0 Å². The zero-order valence-corrected chi connectivity index (χ0v) is 14.2. The lowest BCUT2D eigenvalue weighted by Gasteiger charge is -2.36. The first-order chi connectivity index (χ1) is 10.3. The molecular weight excluding hydrogens is 278 g/mol. The molecule has 5 heteroatoms. The lowest BCUT2D eigenvalue weighted by Crippen LogP contribution is -2.50. The number of piperidine rings is 1. The summed E-state index contributed by atoms with van der Waals surface area (Å²) in [4.78, 5) is 26.8. The Hall–Kier alpha value is -1.10. The molecule has 1 aliphatic carbocycles. The van der Waals surface area contributed by atoms with Crippen molar-refractivity contribution in [3.05, 3.63) is 0 Å². The van der Waals surface area contributed by atoms with Gasteiger partial charge in [0.25, 0.3) is 0 Å². The van der Waals surface area contributed by atoms with E-state index in [4.69, 9.17) is 5.73 Å². The fraction of sp³-hybridized carbons (Fsp3) is 0.882. The minimum Gasteiger partial charge on any atom is -0.353 e. The van der Waals surface area contributed by atoms with Crippen LogP contribution in [0.2, 0.25) is 0 Å². The maximum atomic E-state index is 12.5. The number of rotatable bonds is 3. The van der Waals surface area contributed by atoms with Crippen molar-refractivity contribution >= 4 is 11.8 Å². The van der Waals surface area contributed by atoms with E-state index < -0.39 is 0 Å². The predicted octanol–water partition coefficient (Wildman–Crippen LogP) is 1.51. The largest absolute Gasteiger partial charge is 0.353 e. The molecule has 2 amide bonds. The van der Waals surface area contributed by atoms with Crippen LogP contribution in [0.4, 0.5) is 0 Å². The van der Waals surface area contributed by atoms with Gasteiger partial charge in [-0.2, -0.15) is 0 Å². The minimum absolute atomic E-state index is 0.0703. The molecule has 126 valence electrons. The smallest absolute Gasteiger partial charge is 0.227 e. The topological polar surface area (TPSA) is 75.4 Å². The number of nitrogens with zero attached hydrogens (tertiary/aromatic N) is 1. The van der Waals surface area contributed by atoms with Gasteiger partial charge in [0, 0.05) is 24.5 Å². The van der Waals surface area contributed by atoms with Gasteiger partial charge in [-0.3, -0.25) is 9.59 Å². The van der Waals surface area contributed by atoms with Crippen LogP contribution in [-0.2, 0) is 9.59 Å². The summed E-state index contributed by atoms with van der Waals surface area (Å²) in [5.74, 6) is 0.599. The van der Waals surface area contributed by atoms with Crippen molar-refractivity contribution in [3.8, 4) is 0 Å². The van der Waals surface area contributed by atoms with E-state index in [0.29, 0.717) is 19.0 Å². The van der Waals surface area contributed by atoms with Gasteiger partial charge in [-0.25, -0.2) is 0 Å². The summed E-state index contributed by atoms with van der Waals surface area (Å²) >= 11 is 0. The van der Waals surface area contributed by atoms with Crippen molar-refractivity contribution in [2.24, 2.45) is 23.0 Å². The number of nitrogens with one attached hydrogen (secondary N) is 1. The average molecular weight is 309 g/mol. The SMILES string of the molecule is CC(C)(C)C(=O)N1CCCC(C(=O)NC2CCCC2CN)C1. The number of amides is 2. The average Bonchev–Trinajstić information content (AvgIpc) is 2.92. The van der Waals surface area contributed by atoms with Crippen molar-refractivity contribution in [2.45, 2.75) is 58.9 Å². The Bertz CT molecular complexity index is 417. The monoisotopic (exact) mass is 309 g/mol. The van der Waals surface area contributed by atoms with Crippen LogP contribution in [-0.4, -0.2) is 42.4 Å². The van der Waals surface area contributed by atoms with Crippen LogP contribution >= 0.6 is 0 Å². The molecule has 3 unspecified atom stereocenters. The fourth-order valence-corrected chi connectivity index (χ4v) is 3.66. The molecule has 2 aliphatic rings. The normalized spacial score (nSPS) is 29.5. The van der Waals surface area contributed by atoms with Crippen LogP contribution in [0.5, 0.6) is 0 Å². The summed E-state index contributed by atoms with van der Waals surface area (Å²) in [6, 6.07) is 0.228. The molecule has 3 atom stereocenters. The van der Waals surface area contributed by atoms with E-state index in [0.717, 1.165) is 38.6 Å². The molecule has 1 heterocycles. The van der Waals surface area contributed by atoms with Gasteiger partial charge in [0.2, 0.25) is 11.8 Å². The van der Waals surface area contributed by atoms with E-state index in [-0.39, 0.29) is 29.2 Å². The Labute approximate surface area is 134 Å². The van der Waals surface area contributed by atoms with Gasteiger partial charge in [0.1, 0.15) is 0 Å². The molecule has 0 radical (unpaired) electrons. The second-order valence-electron chi connectivity index (χ2n) is 7.88. The summed E-state index contributed by atoms with van der Waals surface area (Å²) in [5.41, 5.74) is 5.40. The molecule has 1 saturated heterocycles. The molecule has 3 N–H and O–H groups in total. The van der Waals surface area contributed by atoms with Gasteiger partial charge in [-0.05, 0) is 38.1 Å². The van der Waals surface area contributed by atoms with Crippen molar-refractivity contribution in [3.63, 3.8) is 0 Å². The number of likely N-dealkylation sites (tertiary alicyclic amines) is 1. The van der Waals surface area contributed by atoms with Gasteiger partial charge in [-0.15, -0.1) is 0 Å². The molecule has 1 aliphatic heterocycles. The lowest BCUT2D eigenvalue weighted by molar-refractivity contribution is -0.143. The molecule has 1 saturated carbocycles. The van der Waals surface area contributed by atoms with Crippen molar-refractivity contribution in [1.29, 1.82) is 0 Å². The second kappa shape index (κ2) is 6.99. The summed E-state index contributed by atoms with van der Waals surface area (Å²) in [7, 11) is 0. The maximum Gasteiger partial charge on any atom is 0.227 e. The third-order valence-corrected chi connectivity index (χ3v) is 5.01. The van der Waals surface area contributed by atoms with Gasteiger partial charge >= 0.3 is 0 Å².